The number of aliphatic hydroxyl groups excluding tert-OH is 1. The van der Waals surface area contributed by atoms with Gasteiger partial charge in [0.25, 0.3) is 0 Å². The van der Waals surface area contributed by atoms with Crippen molar-refractivity contribution in [2.75, 3.05) is 0 Å². The van der Waals surface area contributed by atoms with Crippen LogP contribution in [0.25, 0.3) is 0 Å². The van der Waals surface area contributed by atoms with E-state index in [1.807, 2.05) is 48.5 Å². The van der Waals surface area contributed by atoms with Crippen LogP contribution in [0.15, 0.2) is 48.5 Å². The van der Waals surface area contributed by atoms with E-state index in [0.717, 1.165) is 21.2 Å². The van der Waals surface area contributed by atoms with Crippen molar-refractivity contribution in [2.45, 2.75) is 31.5 Å². The maximum Gasteiger partial charge on any atom is 0.0602 e. The molecule has 1 saturated heterocycles. The van der Waals surface area contributed by atoms with E-state index < -0.39 is 0 Å². The van der Waals surface area contributed by atoms with Gasteiger partial charge in [-0.15, -0.1) is 0 Å². The monoisotopic (exact) mass is 335 g/mol. The second-order valence-electron chi connectivity index (χ2n) is 5.96. The number of piperidine rings is 1. The van der Waals surface area contributed by atoms with E-state index in [0.29, 0.717) is 6.42 Å². The quantitative estimate of drug-likeness (QED) is 0.828. The number of hydrogen-bond donors (Lipinski definition) is 2. The van der Waals surface area contributed by atoms with Crippen molar-refractivity contribution in [2.24, 2.45) is 5.92 Å². The third-order valence-corrected chi connectivity index (χ3v) is 5.00. The van der Waals surface area contributed by atoms with Gasteiger partial charge in [0.05, 0.1) is 6.10 Å². The highest BCUT2D eigenvalue weighted by Gasteiger charge is 2.34. The summed E-state index contributed by atoms with van der Waals surface area (Å²) in [7, 11) is 0. The summed E-state index contributed by atoms with van der Waals surface area (Å²) in [4.78, 5) is 0. The smallest absolute Gasteiger partial charge is 0.0602 e. The number of nitrogens with one attached hydrogen (secondary N) is 1. The lowest BCUT2D eigenvalue weighted by molar-refractivity contribution is 0.0402. The van der Waals surface area contributed by atoms with Crippen LogP contribution < -0.4 is 5.32 Å². The molecule has 116 valence electrons. The zero-order valence-corrected chi connectivity index (χ0v) is 13.9. The average molecular weight is 336 g/mol. The first-order chi connectivity index (χ1) is 10.5. The van der Waals surface area contributed by atoms with Crippen molar-refractivity contribution in [3.63, 3.8) is 0 Å². The van der Waals surface area contributed by atoms with Crippen molar-refractivity contribution < 1.29 is 5.11 Å². The summed E-state index contributed by atoms with van der Waals surface area (Å²) >= 11 is 11.9. The number of halogens is 2. The van der Waals surface area contributed by atoms with Gasteiger partial charge in [0.15, 0.2) is 0 Å². The Morgan fingerprint density at radius 2 is 1.41 bits per heavy atom. The summed E-state index contributed by atoms with van der Waals surface area (Å²) < 4.78 is 0. The number of aliphatic hydroxyl groups is 1. The van der Waals surface area contributed by atoms with Gasteiger partial charge in [0, 0.05) is 28.0 Å². The molecule has 3 rings (SSSR count). The lowest BCUT2D eigenvalue weighted by atomic mass is 9.81. The molecule has 4 unspecified atom stereocenters. The van der Waals surface area contributed by atoms with Crippen LogP contribution in [0.5, 0.6) is 0 Å². The molecule has 1 heterocycles. The van der Waals surface area contributed by atoms with E-state index in [2.05, 4.69) is 12.2 Å². The standard InChI is InChI=1S/C18H19Cl2NO/c1-11-17(22)10-16(12-2-6-14(19)7-3-12)21-18(11)13-4-8-15(20)9-5-13/h2-9,11,16-18,21-22H,10H2,1H3. The molecule has 0 saturated carbocycles. The van der Waals surface area contributed by atoms with Crippen molar-refractivity contribution >= 4 is 23.2 Å². The topological polar surface area (TPSA) is 32.3 Å². The van der Waals surface area contributed by atoms with Crippen molar-refractivity contribution in [3.8, 4) is 0 Å². The zero-order valence-electron chi connectivity index (χ0n) is 12.3. The number of rotatable bonds is 2. The molecule has 0 radical (unpaired) electrons. The fourth-order valence-corrected chi connectivity index (χ4v) is 3.36. The van der Waals surface area contributed by atoms with Gasteiger partial charge in [-0.05, 0) is 41.8 Å². The minimum absolute atomic E-state index is 0.0988. The Morgan fingerprint density at radius 1 is 0.909 bits per heavy atom. The van der Waals surface area contributed by atoms with E-state index in [1.165, 1.54) is 0 Å². The lowest BCUT2D eigenvalue weighted by Gasteiger charge is -2.40. The fourth-order valence-electron chi connectivity index (χ4n) is 3.11. The second-order valence-corrected chi connectivity index (χ2v) is 6.84. The highest BCUT2D eigenvalue weighted by Crippen LogP contribution is 2.37. The molecule has 0 amide bonds. The Morgan fingerprint density at radius 3 is 1.95 bits per heavy atom. The number of hydrogen-bond acceptors (Lipinski definition) is 2. The largest absolute Gasteiger partial charge is 0.393 e. The SMILES string of the molecule is CC1C(O)CC(c2ccc(Cl)cc2)NC1c1ccc(Cl)cc1. The molecular weight excluding hydrogens is 317 g/mol. The summed E-state index contributed by atoms with van der Waals surface area (Å²) in [5.41, 5.74) is 2.30. The van der Waals surface area contributed by atoms with Crippen LogP contribution in [0.2, 0.25) is 10.0 Å². The molecule has 2 aromatic carbocycles. The molecule has 2 nitrogen and oxygen atoms in total. The third-order valence-electron chi connectivity index (χ3n) is 4.49. The van der Waals surface area contributed by atoms with E-state index >= 15 is 0 Å². The highest BCUT2D eigenvalue weighted by atomic mass is 35.5. The van der Waals surface area contributed by atoms with Crippen molar-refractivity contribution in [3.05, 3.63) is 69.7 Å². The Kier molecular flexibility index (Phi) is 4.74. The molecule has 0 aliphatic carbocycles. The molecule has 1 fully saturated rings. The highest BCUT2D eigenvalue weighted by molar-refractivity contribution is 6.30. The van der Waals surface area contributed by atoms with Crippen LogP contribution in [-0.4, -0.2) is 11.2 Å². The first kappa shape index (κ1) is 15.8. The van der Waals surface area contributed by atoms with Crippen LogP contribution in [0, 0.1) is 5.92 Å². The summed E-state index contributed by atoms with van der Waals surface area (Å²) in [5, 5.41) is 15.6. The molecule has 2 aromatic rings. The molecule has 0 bridgehead atoms. The first-order valence-corrected chi connectivity index (χ1v) is 8.25. The predicted octanol–water partition coefficient (Wildman–Crippen LogP) is 4.77. The van der Waals surface area contributed by atoms with Crippen LogP contribution >= 0.6 is 23.2 Å². The Labute approximate surface area is 141 Å². The van der Waals surface area contributed by atoms with E-state index in [1.54, 1.807) is 0 Å². The van der Waals surface area contributed by atoms with Crippen molar-refractivity contribution in [1.29, 1.82) is 0 Å². The number of benzene rings is 2. The van der Waals surface area contributed by atoms with E-state index in [4.69, 9.17) is 23.2 Å². The van der Waals surface area contributed by atoms with Gasteiger partial charge >= 0.3 is 0 Å². The molecule has 2 N–H and O–H groups in total. The maximum atomic E-state index is 10.5. The van der Waals surface area contributed by atoms with Gasteiger partial charge in [-0.1, -0.05) is 54.4 Å². The molecule has 0 spiro atoms. The fraction of sp³-hybridized carbons (Fsp3) is 0.333. The second kappa shape index (κ2) is 6.59. The molecular formula is C18H19Cl2NO. The van der Waals surface area contributed by atoms with Gasteiger partial charge in [-0.25, -0.2) is 0 Å². The molecule has 1 aliphatic rings. The van der Waals surface area contributed by atoms with Crippen molar-refractivity contribution in [1.82, 2.24) is 5.32 Å². The first-order valence-electron chi connectivity index (χ1n) is 7.49. The predicted molar refractivity (Wildman–Crippen MR) is 91.3 cm³/mol. The normalized spacial score (nSPS) is 28.5. The minimum atomic E-state index is -0.345. The molecule has 0 aromatic heterocycles. The van der Waals surface area contributed by atoms with Gasteiger partial charge in [-0.2, -0.15) is 0 Å². The Hall–Kier alpha value is -1.06. The van der Waals surface area contributed by atoms with E-state index in [-0.39, 0.29) is 24.1 Å². The molecule has 4 atom stereocenters. The third kappa shape index (κ3) is 3.31. The van der Waals surface area contributed by atoms with Crippen LogP contribution in [0.4, 0.5) is 0 Å². The Bertz CT molecular complexity index is 627. The van der Waals surface area contributed by atoms with Gasteiger partial charge in [0.2, 0.25) is 0 Å². The molecule has 22 heavy (non-hydrogen) atoms. The zero-order chi connectivity index (χ0) is 15.7. The van der Waals surface area contributed by atoms with E-state index in [9.17, 15) is 5.11 Å². The van der Waals surface area contributed by atoms with Crippen LogP contribution in [-0.2, 0) is 0 Å². The lowest BCUT2D eigenvalue weighted by Crippen LogP contribution is -2.43. The summed E-state index contributed by atoms with van der Waals surface area (Å²) in [6.07, 6.45) is 0.356. The summed E-state index contributed by atoms with van der Waals surface area (Å²) in [6.45, 7) is 2.08. The minimum Gasteiger partial charge on any atom is -0.393 e. The maximum absolute atomic E-state index is 10.5. The molecule has 1 aliphatic heterocycles. The van der Waals surface area contributed by atoms with Crippen LogP contribution in [0.1, 0.15) is 36.6 Å². The Balaban J connectivity index is 1.86. The van der Waals surface area contributed by atoms with Crippen LogP contribution in [0.3, 0.4) is 0 Å². The van der Waals surface area contributed by atoms with Gasteiger partial charge in [0.1, 0.15) is 0 Å². The summed E-state index contributed by atoms with van der Waals surface area (Å²) in [5.74, 6) is 0.143. The molecule has 4 heteroatoms. The van der Waals surface area contributed by atoms with Gasteiger partial charge in [-0.3, -0.25) is 0 Å². The summed E-state index contributed by atoms with van der Waals surface area (Å²) in [6, 6.07) is 15.9. The average Bonchev–Trinajstić information content (AvgIpc) is 2.52. The van der Waals surface area contributed by atoms with Gasteiger partial charge < -0.3 is 10.4 Å².